The van der Waals surface area contributed by atoms with Crippen LogP contribution >= 0.6 is 11.6 Å². The molecule has 1 heterocycles. The van der Waals surface area contributed by atoms with Crippen molar-refractivity contribution in [3.05, 3.63) is 35.9 Å². The first-order valence-corrected chi connectivity index (χ1v) is 7.36. The average Bonchev–Trinajstić information content (AvgIpc) is 3.00. The predicted octanol–water partition coefficient (Wildman–Crippen LogP) is 3.91. The van der Waals surface area contributed by atoms with Gasteiger partial charge in [-0.25, -0.2) is 9.67 Å². The smallest absolute Gasteiger partial charge is 0.138 e. The minimum atomic E-state index is 0.307. The Morgan fingerprint density at radius 2 is 2.25 bits per heavy atom. The second kappa shape index (κ2) is 5.09. The molecular weight excluding hydrogens is 272 g/mol. The molecule has 1 aromatic heterocycles. The normalized spacial score (nSPS) is 21.1. The van der Waals surface area contributed by atoms with E-state index in [0.717, 1.165) is 11.4 Å². The summed E-state index contributed by atoms with van der Waals surface area (Å²) >= 11 is 6.35. The summed E-state index contributed by atoms with van der Waals surface area (Å²) < 4.78 is 1.71. The molecule has 0 saturated heterocycles. The number of hydrogen-bond donors (Lipinski definition) is 1. The van der Waals surface area contributed by atoms with Crippen molar-refractivity contribution >= 4 is 17.3 Å². The van der Waals surface area contributed by atoms with Gasteiger partial charge in [0.05, 0.1) is 10.7 Å². The van der Waals surface area contributed by atoms with Crippen molar-refractivity contribution in [1.29, 1.82) is 0 Å². The van der Waals surface area contributed by atoms with Crippen LogP contribution in [-0.4, -0.2) is 20.8 Å². The number of nitrogens with zero attached hydrogens (tertiary/aromatic N) is 3. The van der Waals surface area contributed by atoms with Gasteiger partial charge in [0.1, 0.15) is 18.3 Å². The van der Waals surface area contributed by atoms with E-state index in [0.29, 0.717) is 16.5 Å². The van der Waals surface area contributed by atoms with Gasteiger partial charge in [-0.05, 0) is 30.4 Å². The quantitative estimate of drug-likeness (QED) is 0.932. The highest BCUT2D eigenvalue weighted by Gasteiger charge is 2.34. The van der Waals surface area contributed by atoms with E-state index in [-0.39, 0.29) is 0 Å². The first kappa shape index (κ1) is 13.4. The Hall–Kier alpha value is -1.55. The van der Waals surface area contributed by atoms with Crippen molar-refractivity contribution in [2.75, 3.05) is 5.32 Å². The van der Waals surface area contributed by atoms with E-state index in [2.05, 4.69) is 35.3 Å². The van der Waals surface area contributed by atoms with Gasteiger partial charge in [-0.2, -0.15) is 5.10 Å². The van der Waals surface area contributed by atoms with E-state index in [4.69, 9.17) is 11.6 Å². The SMILES string of the molecule is CC1(C)CCCC1Nc1cccc(Cl)c1-n1cncn1. The first-order valence-electron chi connectivity index (χ1n) is 6.98. The van der Waals surface area contributed by atoms with Gasteiger partial charge in [-0.3, -0.25) is 0 Å². The van der Waals surface area contributed by atoms with Crippen molar-refractivity contribution in [3.63, 3.8) is 0 Å². The number of benzene rings is 1. The molecule has 1 aromatic carbocycles. The molecule has 0 spiro atoms. The largest absolute Gasteiger partial charge is 0.380 e. The number of halogens is 1. The van der Waals surface area contributed by atoms with E-state index in [9.17, 15) is 0 Å². The molecule has 1 unspecified atom stereocenters. The lowest BCUT2D eigenvalue weighted by Gasteiger charge is -2.29. The summed E-state index contributed by atoms with van der Waals surface area (Å²) in [4.78, 5) is 4.01. The molecule has 1 fully saturated rings. The number of aromatic nitrogens is 3. The van der Waals surface area contributed by atoms with Gasteiger partial charge in [-0.1, -0.05) is 37.9 Å². The zero-order valence-corrected chi connectivity index (χ0v) is 12.6. The minimum absolute atomic E-state index is 0.307. The number of anilines is 1. The third-order valence-corrected chi connectivity index (χ3v) is 4.53. The summed E-state index contributed by atoms with van der Waals surface area (Å²) in [6, 6.07) is 6.36. The Kier molecular flexibility index (Phi) is 3.42. The zero-order valence-electron chi connectivity index (χ0n) is 11.8. The summed E-state index contributed by atoms with van der Waals surface area (Å²) in [5.74, 6) is 0. The van der Waals surface area contributed by atoms with Crippen LogP contribution in [0, 0.1) is 5.41 Å². The molecule has 4 nitrogen and oxygen atoms in total. The van der Waals surface area contributed by atoms with Crippen LogP contribution in [0.15, 0.2) is 30.9 Å². The van der Waals surface area contributed by atoms with Crippen LogP contribution < -0.4 is 5.32 Å². The van der Waals surface area contributed by atoms with Crippen LogP contribution in [0.5, 0.6) is 0 Å². The number of nitrogens with one attached hydrogen (secondary N) is 1. The molecule has 106 valence electrons. The minimum Gasteiger partial charge on any atom is -0.380 e. The van der Waals surface area contributed by atoms with Gasteiger partial charge in [0.15, 0.2) is 0 Å². The molecule has 0 radical (unpaired) electrons. The van der Waals surface area contributed by atoms with Gasteiger partial charge >= 0.3 is 0 Å². The molecule has 1 aliphatic carbocycles. The second-order valence-electron chi connectivity index (χ2n) is 6.05. The molecule has 0 aliphatic heterocycles. The summed E-state index contributed by atoms with van der Waals surface area (Å²) in [7, 11) is 0. The Labute approximate surface area is 124 Å². The molecule has 3 rings (SSSR count). The summed E-state index contributed by atoms with van der Waals surface area (Å²) in [5, 5.41) is 8.53. The summed E-state index contributed by atoms with van der Waals surface area (Å²) in [6.45, 7) is 4.63. The fourth-order valence-electron chi connectivity index (χ4n) is 2.97. The molecule has 20 heavy (non-hydrogen) atoms. The number of para-hydroxylation sites is 1. The van der Waals surface area contributed by atoms with Crippen LogP contribution in [0.25, 0.3) is 5.69 Å². The first-order chi connectivity index (χ1) is 9.58. The van der Waals surface area contributed by atoms with Crippen molar-refractivity contribution in [2.45, 2.75) is 39.2 Å². The fourth-order valence-corrected chi connectivity index (χ4v) is 3.23. The highest BCUT2D eigenvalue weighted by Crippen LogP contribution is 2.40. The fraction of sp³-hybridized carbons (Fsp3) is 0.467. The van der Waals surface area contributed by atoms with Crippen LogP contribution in [0.4, 0.5) is 5.69 Å². The summed E-state index contributed by atoms with van der Waals surface area (Å²) in [6.07, 6.45) is 6.91. The van der Waals surface area contributed by atoms with Crippen LogP contribution in [0.2, 0.25) is 5.02 Å². The van der Waals surface area contributed by atoms with E-state index in [1.54, 1.807) is 11.0 Å². The molecule has 1 N–H and O–H groups in total. The van der Waals surface area contributed by atoms with Gasteiger partial charge in [-0.15, -0.1) is 0 Å². The number of hydrogen-bond acceptors (Lipinski definition) is 3. The summed E-state index contributed by atoms with van der Waals surface area (Å²) in [5.41, 5.74) is 2.19. The third kappa shape index (κ3) is 2.40. The van der Waals surface area contributed by atoms with E-state index in [1.165, 1.54) is 25.6 Å². The van der Waals surface area contributed by atoms with Crippen LogP contribution in [0.1, 0.15) is 33.1 Å². The lowest BCUT2D eigenvalue weighted by atomic mass is 9.87. The van der Waals surface area contributed by atoms with Crippen molar-refractivity contribution in [3.8, 4) is 5.69 Å². The maximum atomic E-state index is 6.35. The molecular formula is C15H19ClN4. The van der Waals surface area contributed by atoms with Gasteiger partial charge in [0.25, 0.3) is 0 Å². The monoisotopic (exact) mass is 290 g/mol. The highest BCUT2D eigenvalue weighted by atomic mass is 35.5. The van der Waals surface area contributed by atoms with Crippen molar-refractivity contribution < 1.29 is 0 Å². The second-order valence-corrected chi connectivity index (χ2v) is 6.46. The zero-order chi connectivity index (χ0) is 14.2. The topological polar surface area (TPSA) is 42.7 Å². The average molecular weight is 291 g/mol. The third-order valence-electron chi connectivity index (χ3n) is 4.22. The van der Waals surface area contributed by atoms with Gasteiger partial charge in [0, 0.05) is 6.04 Å². The molecule has 1 saturated carbocycles. The van der Waals surface area contributed by atoms with Crippen LogP contribution in [0.3, 0.4) is 0 Å². The van der Waals surface area contributed by atoms with Gasteiger partial charge < -0.3 is 5.32 Å². The Morgan fingerprint density at radius 1 is 1.40 bits per heavy atom. The lowest BCUT2D eigenvalue weighted by molar-refractivity contribution is 0.350. The Morgan fingerprint density at radius 3 is 2.90 bits per heavy atom. The maximum absolute atomic E-state index is 6.35. The number of rotatable bonds is 3. The van der Waals surface area contributed by atoms with Crippen LogP contribution in [-0.2, 0) is 0 Å². The van der Waals surface area contributed by atoms with E-state index in [1.807, 2.05) is 12.1 Å². The predicted molar refractivity (Wildman–Crippen MR) is 81.4 cm³/mol. The van der Waals surface area contributed by atoms with Crippen molar-refractivity contribution in [2.24, 2.45) is 5.41 Å². The molecule has 5 heteroatoms. The molecule has 1 aliphatic rings. The standard InChI is InChI=1S/C15H19ClN4/c1-15(2)8-4-7-13(15)19-12-6-3-5-11(16)14(12)20-10-17-9-18-20/h3,5-6,9-10,13,19H,4,7-8H2,1-2H3. The van der Waals surface area contributed by atoms with E-state index < -0.39 is 0 Å². The maximum Gasteiger partial charge on any atom is 0.138 e. The molecule has 1 atom stereocenters. The van der Waals surface area contributed by atoms with E-state index >= 15 is 0 Å². The Balaban J connectivity index is 1.96. The van der Waals surface area contributed by atoms with Crippen molar-refractivity contribution in [1.82, 2.24) is 14.8 Å². The van der Waals surface area contributed by atoms with Gasteiger partial charge in [0.2, 0.25) is 0 Å². The molecule has 0 amide bonds. The molecule has 2 aromatic rings. The Bertz CT molecular complexity index is 592. The lowest BCUT2D eigenvalue weighted by Crippen LogP contribution is -2.31. The molecule has 0 bridgehead atoms. The highest BCUT2D eigenvalue weighted by molar-refractivity contribution is 6.33.